The standard InChI is InChI=1S/C16H21N5O2S/c1-10(2)14-15(24-20-19-14)16(22)21-7-8-23-12(9-21)11-5-4-6-13(17-3)18-11/h4-6,10,12H,7-9H2,1-3H3,(H,17,18)/t12-/m1/s1. The highest BCUT2D eigenvalue weighted by molar-refractivity contribution is 7.08. The molecule has 2 aromatic heterocycles. The average Bonchev–Trinajstić information content (AvgIpc) is 3.11. The van der Waals surface area contributed by atoms with E-state index in [4.69, 9.17) is 4.74 Å². The SMILES string of the molecule is CNc1cccc([C@H]2CN(C(=O)c3snnc3C(C)C)CCO2)n1. The molecule has 1 saturated heterocycles. The lowest BCUT2D eigenvalue weighted by molar-refractivity contribution is -0.0245. The van der Waals surface area contributed by atoms with Crippen molar-refractivity contribution in [2.75, 3.05) is 32.1 Å². The van der Waals surface area contributed by atoms with Crippen LogP contribution in [0.15, 0.2) is 18.2 Å². The van der Waals surface area contributed by atoms with Crippen LogP contribution in [0.4, 0.5) is 5.82 Å². The molecule has 1 aliphatic rings. The Morgan fingerprint density at radius 1 is 1.46 bits per heavy atom. The number of carbonyl (C=O) groups is 1. The number of carbonyl (C=O) groups excluding carboxylic acids is 1. The van der Waals surface area contributed by atoms with Crippen LogP contribution >= 0.6 is 11.5 Å². The number of hydrogen-bond donors (Lipinski definition) is 1. The zero-order chi connectivity index (χ0) is 17.1. The third-order valence-electron chi connectivity index (χ3n) is 3.96. The number of pyridine rings is 1. The lowest BCUT2D eigenvalue weighted by Gasteiger charge is -2.32. The first-order valence-electron chi connectivity index (χ1n) is 7.98. The van der Waals surface area contributed by atoms with Gasteiger partial charge in [0.05, 0.1) is 24.5 Å². The van der Waals surface area contributed by atoms with E-state index >= 15 is 0 Å². The molecule has 0 spiro atoms. The number of amides is 1. The van der Waals surface area contributed by atoms with Crippen LogP contribution in [0.1, 0.15) is 46.9 Å². The maximum atomic E-state index is 12.9. The fourth-order valence-electron chi connectivity index (χ4n) is 2.65. The van der Waals surface area contributed by atoms with Gasteiger partial charge in [-0.3, -0.25) is 4.79 Å². The second kappa shape index (κ2) is 7.23. The molecule has 3 heterocycles. The molecule has 1 atom stereocenters. The Labute approximate surface area is 145 Å². The molecule has 1 fully saturated rings. The molecule has 0 radical (unpaired) electrons. The van der Waals surface area contributed by atoms with Crippen molar-refractivity contribution >= 4 is 23.3 Å². The highest BCUT2D eigenvalue weighted by Gasteiger charge is 2.30. The Morgan fingerprint density at radius 3 is 3.04 bits per heavy atom. The van der Waals surface area contributed by atoms with Crippen LogP contribution in [0.3, 0.4) is 0 Å². The van der Waals surface area contributed by atoms with Crippen molar-refractivity contribution in [1.29, 1.82) is 0 Å². The molecule has 0 aromatic carbocycles. The van der Waals surface area contributed by atoms with Gasteiger partial charge in [-0.05, 0) is 29.6 Å². The van der Waals surface area contributed by atoms with Gasteiger partial charge in [-0.1, -0.05) is 24.4 Å². The Hall–Kier alpha value is -2.06. The molecule has 128 valence electrons. The lowest BCUT2D eigenvalue weighted by atomic mass is 10.1. The summed E-state index contributed by atoms with van der Waals surface area (Å²) >= 11 is 1.16. The second-order valence-corrected chi connectivity index (χ2v) is 6.70. The molecule has 0 unspecified atom stereocenters. The van der Waals surface area contributed by atoms with Crippen molar-refractivity contribution in [2.24, 2.45) is 0 Å². The van der Waals surface area contributed by atoms with Crippen LogP contribution in [0, 0.1) is 0 Å². The third-order valence-corrected chi connectivity index (χ3v) is 4.69. The molecular weight excluding hydrogens is 326 g/mol. The fraction of sp³-hybridized carbons (Fsp3) is 0.500. The van der Waals surface area contributed by atoms with Crippen molar-refractivity contribution in [2.45, 2.75) is 25.9 Å². The summed E-state index contributed by atoms with van der Waals surface area (Å²) in [7, 11) is 1.83. The molecule has 24 heavy (non-hydrogen) atoms. The van der Waals surface area contributed by atoms with E-state index in [2.05, 4.69) is 19.9 Å². The summed E-state index contributed by atoms with van der Waals surface area (Å²) in [6, 6.07) is 5.75. The topological polar surface area (TPSA) is 80.2 Å². The van der Waals surface area contributed by atoms with Crippen molar-refractivity contribution < 1.29 is 9.53 Å². The van der Waals surface area contributed by atoms with Gasteiger partial charge in [0.1, 0.15) is 16.8 Å². The predicted octanol–water partition coefficient (Wildman–Crippen LogP) is 2.31. The number of rotatable bonds is 4. The molecule has 1 N–H and O–H groups in total. The van der Waals surface area contributed by atoms with Crippen LogP contribution in [0.5, 0.6) is 0 Å². The quantitative estimate of drug-likeness (QED) is 0.914. The fourth-order valence-corrected chi connectivity index (χ4v) is 3.44. The van der Waals surface area contributed by atoms with Gasteiger partial charge in [0.15, 0.2) is 0 Å². The minimum absolute atomic E-state index is 0.0215. The monoisotopic (exact) mass is 347 g/mol. The van der Waals surface area contributed by atoms with E-state index in [1.54, 1.807) is 0 Å². The zero-order valence-corrected chi connectivity index (χ0v) is 14.8. The van der Waals surface area contributed by atoms with E-state index in [-0.39, 0.29) is 17.9 Å². The van der Waals surface area contributed by atoms with Gasteiger partial charge in [-0.15, -0.1) is 5.10 Å². The van der Waals surface area contributed by atoms with E-state index in [1.807, 2.05) is 44.0 Å². The van der Waals surface area contributed by atoms with Crippen LogP contribution in [-0.4, -0.2) is 52.1 Å². The predicted molar refractivity (Wildman–Crippen MR) is 92.4 cm³/mol. The number of nitrogens with one attached hydrogen (secondary N) is 1. The molecule has 1 amide bonds. The van der Waals surface area contributed by atoms with Gasteiger partial charge in [0.25, 0.3) is 5.91 Å². The second-order valence-electron chi connectivity index (χ2n) is 5.95. The maximum absolute atomic E-state index is 12.9. The van der Waals surface area contributed by atoms with E-state index in [0.29, 0.717) is 24.6 Å². The molecule has 8 heteroatoms. The summed E-state index contributed by atoms with van der Waals surface area (Å²) in [5, 5.41) is 7.12. The Bertz CT molecular complexity index is 718. The van der Waals surface area contributed by atoms with Crippen LogP contribution < -0.4 is 5.32 Å². The van der Waals surface area contributed by atoms with Gasteiger partial charge in [0.2, 0.25) is 0 Å². The minimum Gasteiger partial charge on any atom is -0.373 e. The van der Waals surface area contributed by atoms with Crippen molar-refractivity contribution in [3.05, 3.63) is 34.5 Å². The number of nitrogens with zero attached hydrogens (tertiary/aromatic N) is 4. The van der Waals surface area contributed by atoms with Gasteiger partial charge >= 0.3 is 0 Å². The first kappa shape index (κ1) is 16.8. The van der Waals surface area contributed by atoms with Gasteiger partial charge < -0.3 is 15.0 Å². The average molecular weight is 347 g/mol. The Morgan fingerprint density at radius 2 is 2.29 bits per heavy atom. The van der Waals surface area contributed by atoms with E-state index in [9.17, 15) is 4.79 Å². The Kier molecular flexibility index (Phi) is 5.06. The molecule has 1 aliphatic heterocycles. The van der Waals surface area contributed by atoms with E-state index in [0.717, 1.165) is 28.7 Å². The summed E-state index contributed by atoms with van der Waals surface area (Å²) in [5.74, 6) is 0.939. The van der Waals surface area contributed by atoms with Crippen molar-refractivity contribution in [1.82, 2.24) is 19.5 Å². The smallest absolute Gasteiger partial charge is 0.267 e. The normalized spacial score (nSPS) is 18.0. The first-order valence-corrected chi connectivity index (χ1v) is 8.75. The van der Waals surface area contributed by atoms with E-state index in [1.165, 1.54) is 0 Å². The zero-order valence-electron chi connectivity index (χ0n) is 14.0. The van der Waals surface area contributed by atoms with Crippen LogP contribution in [0.25, 0.3) is 0 Å². The van der Waals surface area contributed by atoms with Gasteiger partial charge in [-0.25, -0.2) is 4.98 Å². The number of ether oxygens (including phenoxy) is 1. The summed E-state index contributed by atoms with van der Waals surface area (Å²) in [6.45, 7) is 5.57. The number of morpholine rings is 1. The molecular formula is C16H21N5O2S. The number of hydrogen-bond acceptors (Lipinski definition) is 7. The third kappa shape index (κ3) is 3.39. The largest absolute Gasteiger partial charge is 0.373 e. The van der Waals surface area contributed by atoms with Crippen LogP contribution in [-0.2, 0) is 4.74 Å². The van der Waals surface area contributed by atoms with Crippen molar-refractivity contribution in [3.8, 4) is 0 Å². The maximum Gasteiger partial charge on any atom is 0.267 e. The summed E-state index contributed by atoms with van der Waals surface area (Å²) in [6.07, 6.45) is -0.223. The summed E-state index contributed by atoms with van der Waals surface area (Å²) in [5.41, 5.74) is 1.59. The first-order chi connectivity index (χ1) is 11.6. The van der Waals surface area contributed by atoms with E-state index < -0.39 is 0 Å². The number of anilines is 1. The lowest BCUT2D eigenvalue weighted by Crippen LogP contribution is -2.42. The molecule has 0 saturated carbocycles. The molecule has 7 nitrogen and oxygen atoms in total. The Balaban J connectivity index is 1.77. The summed E-state index contributed by atoms with van der Waals surface area (Å²) < 4.78 is 9.78. The minimum atomic E-state index is -0.223. The molecule has 0 bridgehead atoms. The van der Waals surface area contributed by atoms with Crippen LogP contribution in [0.2, 0.25) is 0 Å². The van der Waals surface area contributed by atoms with Crippen molar-refractivity contribution in [3.63, 3.8) is 0 Å². The highest BCUT2D eigenvalue weighted by Crippen LogP contribution is 2.26. The van der Waals surface area contributed by atoms with Gasteiger partial charge in [0, 0.05) is 13.6 Å². The molecule has 0 aliphatic carbocycles. The molecule has 2 aromatic rings. The van der Waals surface area contributed by atoms with Gasteiger partial charge in [-0.2, -0.15) is 0 Å². The molecule has 3 rings (SSSR count). The summed E-state index contributed by atoms with van der Waals surface area (Å²) in [4.78, 5) is 19.8. The highest BCUT2D eigenvalue weighted by atomic mass is 32.1. The number of aromatic nitrogens is 3.